The molecule has 0 spiro atoms. The molecule has 0 unspecified atom stereocenters. The highest BCUT2D eigenvalue weighted by molar-refractivity contribution is 5.92. The molecule has 2 aromatic rings. The fraction of sp³-hybridized carbons (Fsp3) is 0.211. The Morgan fingerprint density at radius 1 is 1.00 bits per heavy atom. The minimum absolute atomic E-state index is 0.0981. The zero-order valence-corrected chi connectivity index (χ0v) is 14.7. The number of anilines is 1. The van der Waals surface area contributed by atoms with Crippen LogP contribution >= 0.6 is 0 Å². The number of hydrogen-bond acceptors (Lipinski definition) is 5. The topological polar surface area (TPSA) is 125 Å². The second-order valence-corrected chi connectivity index (χ2v) is 5.84. The zero-order valence-electron chi connectivity index (χ0n) is 14.7. The molecule has 0 heterocycles. The predicted octanol–water partition coefficient (Wildman–Crippen LogP) is 1.68. The summed E-state index contributed by atoms with van der Waals surface area (Å²) in [5.74, 6) is -2.01. The van der Waals surface area contributed by atoms with Gasteiger partial charge in [0.2, 0.25) is 5.91 Å². The van der Waals surface area contributed by atoms with Gasteiger partial charge in [0, 0.05) is 5.69 Å². The van der Waals surface area contributed by atoms with E-state index in [-0.39, 0.29) is 24.8 Å². The van der Waals surface area contributed by atoms with E-state index in [0.717, 1.165) is 0 Å². The van der Waals surface area contributed by atoms with E-state index in [4.69, 9.17) is 14.9 Å². The summed E-state index contributed by atoms with van der Waals surface area (Å²) in [4.78, 5) is 34.2. The largest absolute Gasteiger partial charge is 0.480 e. The summed E-state index contributed by atoms with van der Waals surface area (Å²) in [5, 5.41) is 22.3. The quantitative estimate of drug-likeness (QED) is 0.544. The first-order chi connectivity index (χ1) is 13.4. The van der Waals surface area contributed by atoms with Crippen molar-refractivity contribution in [2.24, 2.45) is 0 Å². The first-order valence-corrected chi connectivity index (χ1v) is 8.27. The number of ether oxygens (including phenoxy) is 1. The first-order valence-electron chi connectivity index (χ1n) is 8.27. The van der Waals surface area contributed by atoms with Gasteiger partial charge in [0.05, 0.1) is 13.0 Å². The maximum atomic E-state index is 12.9. The first kappa shape index (κ1) is 20.8. The second kappa shape index (κ2) is 10.0. The lowest BCUT2D eigenvalue weighted by atomic mass is 10.1. The molecule has 2 amide bonds. The van der Waals surface area contributed by atoms with Crippen molar-refractivity contribution in [3.05, 3.63) is 65.5 Å². The van der Waals surface area contributed by atoms with Crippen molar-refractivity contribution in [1.82, 2.24) is 5.32 Å². The van der Waals surface area contributed by atoms with Crippen LogP contribution in [0.2, 0.25) is 0 Å². The Morgan fingerprint density at radius 3 is 2.18 bits per heavy atom. The number of halogens is 1. The summed E-state index contributed by atoms with van der Waals surface area (Å²) in [5.41, 5.74) is 1.83. The number of aliphatic hydroxyl groups is 1. The van der Waals surface area contributed by atoms with E-state index in [0.29, 0.717) is 16.8 Å². The SMILES string of the molecule is O=C(Cc1ccc(F)cc1)Nc1ccc(COC(=O)N[C@@H](CO)C(=O)O)cc1. The molecule has 1 atom stereocenters. The van der Waals surface area contributed by atoms with Crippen LogP contribution in [0.3, 0.4) is 0 Å². The number of nitrogens with one attached hydrogen (secondary N) is 2. The van der Waals surface area contributed by atoms with Crippen molar-refractivity contribution in [2.45, 2.75) is 19.1 Å². The number of aliphatic carboxylic acids is 1. The van der Waals surface area contributed by atoms with Crippen molar-refractivity contribution in [3.63, 3.8) is 0 Å². The monoisotopic (exact) mass is 390 g/mol. The average molecular weight is 390 g/mol. The number of benzene rings is 2. The number of hydrogen-bond donors (Lipinski definition) is 4. The van der Waals surface area contributed by atoms with E-state index < -0.39 is 24.7 Å². The van der Waals surface area contributed by atoms with Crippen LogP contribution in [0.4, 0.5) is 14.9 Å². The van der Waals surface area contributed by atoms with E-state index in [1.807, 2.05) is 5.32 Å². The third-order valence-corrected chi connectivity index (χ3v) is 3.66. The Labute approximate surface area is 159 Å². The Hall–Kier alpha value is -3.46. The minimum atomic E-state index is -1.44. The predicted molar refractivity (Wildman–Crippen MR) is 97.0 cm³/mol. The highest BCUT2D eigenvalue weighted by Gasteiger charge is 2.19. The summed E-state index contributed by atoms with van der Waals surface area (Å²) in [7, 11) is 0. The van der Waals surface area contributed by atoms with Gasteiger partial charge in [0.1, 0.15) is 12.4 Å². The molecule has 4 N–H and O–H groups in total. The minimum Gasteiger partial charge on any atom is -0.480 e. The lowest BCUT2D eigenvalue weighted by Gasteiger charge is -2.12. The molecule has 0 aliphatic rings. The van der Waals surface area contributed by atoms with Crippen LogP contribution < -0.4 is 10.6 Å². The molecule has 9 heteroatoms. The van der Waals surface area contributed by atoms with Crippen molar-refractivity contribution in [2.75, 3.05) is 11.9 Å². The van der Waals surface area contributed by atoms with Crippen molar-refractivity contribution in [1.29, 1.82) is 0 Å². The van der Waals surface area contributed by atoms with Gasteiger partial charge in [-0.3, -0.25) is 4.79 Å². The van der Waals surface area contributed by atoms with Gasteiger partial charge in [-0.1, -0.05) is 24.3 Å². The molecule has 0 radical (unpaired) electrons. The fourth-order valence-corrected chi connectivity index (χ4v) is 2.20. The molecule has 148 valence electrons. The summed E-state index contributed by atoms with van der Waals surface area (Å²) >= 11 is 0. The number of rotatable bonds is 8. The van der Waals surface area contributed by atoms with Gasteiger partial charge >= 0.3 is 12.1 Å². The van der Waals surface area contributed by atoms with Gasteiger partial charge < -0.3 is 25.6 Å². The molecule has 0 saturated carbocycles. The van der Waals surface area contributed by atoms with Gasteiger partial charge in [0.25, 0.3) is 0 Å². The van der Waals surface area contributed by atoms with Crippen LogP contribution in [0.25, 0.3) is 0 Å². The highest BCUT2D eigenvalue weighted by Crippen LogP contribution is 2.12. The summed E-state index contributed by atoms with van der Waals surface area (Å²) in [6.45, 7) is -0.871. The van der Waals surface area contributed by atoms with Crippen LogP contribution in [0.1, 0.15) is 11.1 Å². The van der Waals surface area contributed by atoms with Crippen LogP contribution in [-0.4, -0.2) is 40.8 Å². The lowest BCUT2D eigenvalue weighted by Crippen LogP contribution is -2.43. The van der Waals surface area contributed by atoms with E-state index in [1.54, 1.807) is 24.3 Å². The lowest BCUT2D eigenvalue weighted by molar-refractivity contribution is -0.140. The third-order valence-electron chi connectivity index (χ3n) is 3.66. The molecule has 2 rings (SSSR count). The van der Waals surface area contributed by atoms with Crippen LogP contribution in [0.15, 0.2) is 48.5 Å². The summed E-state index contributed by atoms with van der Waals surface area (Å²) in [6, 6.07) is 10.7. The zero-order chi connectivity index (χ0) is 20.5. The smallest absolute Gasteiger partial charge is 0.408 e. The number of alkyl carbamates (subject to hydrolysis) is 1. The number of aliphatic hydroxyl groups excluding tert-OH is 1. The number of carboxylic acid groups (broad SMARTS) is 1. The van der Waals surface area contributed by atoms with Gasteiger partial charge in [-0.05, 0) is 35.4 Å². The van der Waals surface area contributed by atoms with Crippen LogP contribution in [0.5, 0.6) is 0 Å². The molecule has 2 aromatic carbocycles. The standard InChI is InChI=1S/C19H19FN2O6/c20-14-5-1-12(2-6-14)9-17(24)21-15-7-3-13(4-8-15)11-28-19(27)22-16(10-23)18(25)26/h1-8,16,23H,9-11H2,(H,21,24)(H,22,27)(H,25,26)/t16-/m0/s1. The molecular weight excluding hydrogens is 371 g/mol. The summed E-state index contributed by atoms with van der Waals surface area (Å²) < 4.78 is 17.7. The van der Waals surface area contributed by atoms with Gasteiger partial charge in [-0.25, -0.2) is 14.0 Å². The molecule has 0 aromatic heterocycles. The molecule has 0 aliphatic heterocycles. The number of carbonyl (C=O) groups is 3. The second-order valence-electron chi connectivity index (χ2n) is 5.84. The average Bonchev–Trinajstić information content (AvgIpc) is 2.67. The van der Waals surface area contributed by atoms with Crippen molar-refractivity contribution >= 4 is 23.7 Å². The van der Waals surface area contributed by atoms with Crippen molar-refractivity contribution in [3.8, 4) is 0 Å². The fourth-order valence-electron chi connectivity index (χ4n) is 2.20. The number of amides is 2. The van der Waals surface area contributed by atoms with Gasteiger partial charge in [0.15, 0.2) is 6.04 Å². The number of carbonyl (C=O) groups excluding carboxylic acids is 2. The normalized spacial score (nSPS) is 11.4. The molecule has 28 heavy (non-hydrogen) atoms. The highest BCUT2D eigenvalue weighted by atomic mass is 19.1. The van der Waals surface area contributed by atoms with Gasteiger partial charge in [-0.2, -0.15) is 0 Å². The van der Waals surface area contributed by atoms with E-state index in [1.165, 1.54) is 24.3 Å². The summed E-state index contributed by atoms with van der Waals surface area (Å²) in [6.07, 6.45) is -0.876. The molecule has 0 fully saturated rings. The maximum absolute atomic E-state index is 12.9. The Morgan fingerprint density at radius 2 is 1.61 bits per heavy atom. The molecule has 0 bridgehead atoms. The van der Waals surface area contributed by atoms with Gasteiger partial charge in [-0.15, -0.1) is 0 Å². The van der Waals surface area contributed by atoms with E-state index in [9.17, 15) is 18.8 Å². The Balaban J connectivity index is 1.80. The number of carboxylic acids is 1. The van der Waals surface area contributed by atoms with E-state index in [2.05, 4.69) is 5.32 Å². The van der Waals surface area contributed by atoms with Crippen LogP contribution in [-0.2, 0) is 27.4 Å². The van der Waals surface area contributed by atoms with Crippen molar-refractivity contribution < 1.29 is 33.7 Å². The third kappa shape index (κ3) is 6.69. The molecule has 0 aliphatic carbocycles. The molecular formula is C19H19FN2O6. The van der Waals surface area contributed by atoms with Crippen LogP contribution in [0, 0.1) is 5.82 Å². The maximum Gasteiger partial charge on any atom is 0.408 e. The molecule has 0 saturated heterocycles. The van der Waals surface area contributed by atoms with E-state index >= 15 is 0 Å². The Bertz CT molecular complexity index is 823. The molecule has 8 nitrogen and oxygen atoms in total. The Kier molecular flexibility index (Phi) is 7.46.